The largest absolute Gasteiger partial charge is 0.373 e. The molecular weight excluding hydrogens is 335 g/mol. The fourth-order valence-electron chi connectivity index (χ4n) is 2.58. The van der Waals surface area contributed by atoms with Gasteiger partial charge >= 0.3 is 0 Å². The lowest BCUT2D eigenvalue weighted by Gasteiger charge is -2.18. The first-order chi connectivity index (χ1) is 11.0. The van der Waals surface area contributed by atoms with Crippen LogP contribution >= 0.6 is 23.2 Å². The lowest BCUT2D eigenvalue weighted by molar-refractivity contribution is -0.121. The molecule has 1 atom stereocenters. The molecular formula is C17H14Cl2N2O2. The van der Waals surface area contributed by atoms with Gasteiger partial charge in [0.2, 0.25) is 5.91 Å². The van der Waals surface area contributed by atoms with E-state index < -0.39 is 6.04 Å². The summed E-state index contributed by atoms with van der Waals surface area (Å²) in [4.78, 5) is 26.0. The zero-order valence-electron chi connectivity index (χ0n) is 12.3. The molecule has 0 radical (unpaired) electrons. The first kappa shape index (κ1) is 15.8. The van der Waals surface area contributed by atoms with Crippen molar-refractivity contribution < 1.29 is 9.59 Å². The third-order valence-corrected chi connectivity index (χ3v) is 4.57. The van der Waals surface area contributed by atoms with E-state index in [1.165, 1.54) is 0 Å². The lowest BCUT2D eigenvalue weighted by atomic mass is 10.1. The number of para-hydroxylation sites is 1. The summed E-state index contributed by atoms with van der Waals surface area (Å²) in [5.74, 6) is -0.595. The number of halogens is 2. The van der Waals surface area contributed by atoms with Crippen LogP contribution in [0, 0.1) is 6.92 Å². The van der Waals surface area contributed by atoms with Gasteiger partial charge in [-0.1, -0.05) is 41.4 Å². The fraction of sp³-hybridized carbons (Fsp3) is 0.176. The summed E-state index contributed by atoms with van der Waals surface area (Å²) in [5, 5.41) is 4.09. The summed E-state index contributed by atoms with van der Waals surface area (Å²) < 4.78 is 0. The smallest absolute Gasteiger partial charge is 0.256 e. The molecule has 0 spiro atoms. The van der Waals surface area contributed by atoms with Gasteiger partial charge in [-0.25, -0.2) is 4.90 Å². The second-order valence-corrected chi connectivity index (χ2v) is 6.15. The van der Waals surface area contributed by atoms with Crippen LogP contribution < -0.4 is 10.2 Å². The van der Waals surface area contributed by atoms with Gasteiger partial charge in [-0.15, -0.1) is 0 Å². The molecule has 2 amide bonds. The Bertz CT molecular complexity index is 792. The Balaban J connectivity index is 1.87. The van der Waals surface area contributed by atoms with Gasteiger partial charge in [0.15, 0.2) is 0 Å². The van der Waals surface area contributed by atoms with E-state index >= 15 is 0 Å². The Hall–Kier alpha value is -2.04. The maximum Gasteiger partial charge on any atom is 0.256 e. The van der Waals surface area contributed by atoms with Crippen molar-refractivity contribution in [2.24, 2.45) is 0 Å². The molecule has 4 nitrogen and oxygen atoms in total. The summed E-state index contributed by atoms with van der Waals surface area (Å²) in [5.41, 5.74) is 1.99. The number of amides is 2. The van der Waals surface area contributed by atoms with E-state index in [0.29, 0.717) is 15.7 Å². The van der Waals surface area contributed by atoms with Crippen LogP contribution in [0.25, 0.3) is 0 Å². The summed E-state index contributed by atoms with van der Waals surface area (Å²) in [6, 6.07) is 11.6. The molecule has 1 aliphatic heterocycles. The maximum atomic E-state index is 12.6. The minimum Gasteiger partial charge on any atom is -0.373 e. The van der Waals surface area contributed by atoms with E-state index in [1.54, 1.807) is 36.4 Å². The van der Waals surface area contributed by atoms with Crippen LogP contribution in [-0.2, 0) is 9.59 Å². The average Bonchev–Trinajstić information content (AvgIpc) is 2.79. The molecule has 0 aromatic heterocycles. The molecule has 23 heavy (non-hydrogen) atoms. The second-order valence-electron chi connectivity index (χ2n) is 5.33. The highest BCUT2D eigenvalue weighted by Crippen LogP contribution is 2.31. The van der Waals surface area contributed by atoms with Gasteiger partial charge in [0.25, 0.3) is 5.91 Å². The van der Waals surface area contributed by atoms with Gasteiger partial charge < -0.3 is 5.32 Å². The molecule has 0 unspecified atom stereocenters. The minimum atomic E-state index is -0.629. The minimum absolute atomic E-state index is 0.0794. The molecule has 1 heterocycles. The Morgan fingerprint density at radius 1 is 1.04 bits per heavy atom. The van der Waals surface area contributed by atoms with Crippen molar-refractivity contribution in [1.82, 2.24) is 0 Å². The lowest BCUT2D eigenvalue weighted by Crippen LogP contribution is -2.35. The quantitative estimate of drug-likeness (QED) is 0.851. The molecule has 0 bridgehead atoms. The number of hydrogen-bond donors (Lipinski definition) is 1. The fourth-order valence-corrected chi connectivity index (χ4v) is 2.98. The summed E-state index contributed by atoms with van der Waals surface area (Å²) >= 11 is 12.2. The van der Waals surface area contributed by atoms with Gasteiger partial charge in [0.1, 0.15) is 6.04 Å². The molecule has 1 fully saturated rings. The molecule has 6 heteroatoms. The highest BCUT2D eigenvalue weighted by molar-refractivity contribution is 6.36. The van der Waals surface area contributed by atoms with Crippen molar-refractivity contribution in [2.45, 2.75) is 19.4 Å². The van der Waals surface area contributed by atoms with Crippen LogP contribution in [0.5, 0.6) is 0 Å². The van der Waals surface area contributed by atoms with E-state index in [9.17, 15) is 9.59 Å². The second kappa shape index (κ2) is 6.22. The van der Waals surface area contributed by atoms with Crippen molar-refractivity contribution in [3.63, 3.8) is 0 Å². The summed E-state index contributed by atoms with van der Waals surface area (Å²) in [6.45, 7) is 1.86. The number of carbonyl (C=O) groups is 2. The third-order valence-electron chi connectivity index (χ3n) is 3.84. The maximum absolute atomic E-state index is 12.6. The number of nitrogens with one attached hydrogen (secondary N) is 1. The molecule has 2 aromatic carbocycles. The van der Waals surface area contributed by atoms with Crippen molar-refractivity contribution >= 4 is 46.4 Å². The van der Waals surface area contributed by atoms with E-state index in [1.807, 2.05) is 13.0 Å². The number of carbonyl (C=O) groups excluding carboxylic acids is 2. The van der Waals surface area contributed by atoms with Crippen LogP contribution in [0.3, 0.4) is 0 Å². The Morgan fingerprint density at radius 2 is 1.74 bits per heavy atom. The monoisotopic (exact) mass is 348 g/mol. The number of benzene rings is 2. The van der Waals surface area contributed by atoms with Crippen LogP contribution in [0.15, 0.2) is 42.5 Å². The van der Waals surface area contributed by atoms with Gasteiger partial charge in [-0.3, -0.25) is 9.59 Å². The normalized spacial score (nSPS) is 17.7. The van der Waals surface area contributed by atoms with Crippen molar-refractivity contribution in [3.8, 4) is 0 Å². The number of nitrogens with zero attached hydrogens (tertiary/aromatic N) is 1. The first-order valence-corrected chi connectivity index (χ1v) is 7.87. The highest BCUT2D eigenvalue weighted by Gasteiger charge is 2.40. The molecule has 0 aliphatic carbocycles. The van der Waals surface area contributed by atoms with E-state index in [0.717, 1.165) is 16.2 Å². The SMILES string of the molecule is Cc1c(Cl)cccc1N[C@@H]1CC(=O)N(c2ccccc2Cl)C1=O. The molecule has 1 N–H and O–H groups in total. The topological polar surface area (TPSA) is 49.4 Å². The molecule has 118 valence electrons. The number of rotatable bonds is 3. The molecule has 1 saturated heterocycles. The summed E-state index contributed by atoms with van der Waals surface area (Å²) in [7, 11) is 0. The van der Waals surface area contributed by atoms with Gasteiger partial charge in [0, 0.05) is 10.7 Å². The number of anilines is 2. The van der Waals surface area contributed by atoms with E-state index in [2.05, 4.69) is 5.32 Å². The zero-order chi connectivity index (χ0) is 16.6. The molecule has 0 saturated carbocycles. The Morgan fingerprint density at radius 3 is 2.48 bits per heavy atom. The predicted octanol–water partition coefficient (Wildman–Crippen LogP) is 4.05. The van der Waals surface area contributed by atoms with Crippen molar-refractivity contribution in [3.05, 3.63) is 58.1 Å². The van der Waals surface area contributed by atoms with Gasteiger partial charge in [-0.2, -0.15) is 0 Å². The third kappa shape index (κ3) is 2.92. The van der Waals surface area contributed by atoms with Gasteiger partial charge in [-0.05, 0) is 36.8 Å². The zero-order valence-corrected chi connectivity index (χ0v) is 13.9. The average molecular weight is 349 g/mol. The van der Waals surface area contributed by atoms with Gasteiger partial charge in [0.05, 0.1) is 17.1 Å². The standard InChI is InChI=1S/C17H14Cl2N2O2/c1-10-11(18)6-4-7-13(10)20-14-9-16(22)21(17(14)23)15-8-3-2-5-12(15)19/h2-8,14,20H,9H2,1H3/t14-/m1/s1. The summed E-state index contributed by atoms with van der Waals surface area (Å²) in [6.07, 6.45) is 0.0794. The highest BCUT2D eigenvalue weighted by atomic mass is 35.5. The van der Waals surface area contributed by atoms with Crippen LogP contribution in [0.4, 0.5) is 11.4 Å². The van der Waals surface area contributed by atoms with Crippen molar-refractivity contribution in [2.75, 3.05) is 10.2 Å². The Labute approximate surface area is 144 Å². The predicted molar refractivity (Wildman–Crippen MR) is 92.2 cm³/mol. The van der Waals surface area contributed by atoms with Crippen LogP contribution in [0.1, 0.15) is 12.0 Å². The number of imide groups is 1. The molecule has 2 aromatic rings. The van der Waals surface area contributed by atoms with E-state index in [-0.39, 0.29) is 18.2 Å². The molecule has 3 rings (SSSR count). The Kier molecular flexibility index (Phi) is 4.28. The van der Waals surface area contributed by atoms with Crippen LogP contribution in [-0.4, -0.2) is 17.9 Å². The van der Waals surface area contributed by atoms with Crippen molar-refractivity contribution in [1.29, 1.82) is 0 Å². The number of hydrogen-bond acceptors (Lipinski definition) is 3. The first-order valence-electron chi connectivity index (χ1n) is 7.12. The molecule has 1 aliphatic rings. The van der Waals surface area contributed by atoms with Crippen LogP contribution in [0.2, 0.25) is 10.0 Å². The van der Waals surface area contributed by atoms with E-state index in [4.69, 9.17) is 23.2 Å².